The number of rotatable bonds is 5. The number of hydrogen-bond acceptors (Lipinski definition) is 4. The maximum atomic E-state index is 5.74. The molecule has 92 valence electrons. The molecular weight excluding hydrogens is 214 g/mol. The molecule has 2 fully saturated rings. The van der Waals surface area contributed by atoms with Crippen molar-refractivity contribution in [2.24, 2.45) is 11.7 Å². The van der Waals surface area contributed by atoms with Gasteiger partial charge in [-0.25, -0.2) is 9.97 Å². The second-order valence-electron chi connectivity index (χ2n) is 5.11. The Morgan fingerprint density at radius 3 is 2.71 bits per heavy atom. The molecule has 2 saturated carbocycles. The van der Waals surface area contributed by atoms with Gasteiger partial charge in [0.05, 0.1) is 5.69 Å². The molecule has 4 nitrogen and oxygen atoms in total. The van der Waals surface area contributed by atoms with Gasteiger partial charge in [0, 0.05) is 31.3 Å². The first-order valence-electron chi connectivity index (χ1n) is 6.42. The van der Waals surface area contributed by atoms with Crippen LogP contribution >= 0.6 is 0 Å². The van der Waals surface area contributed by atoms with Crippen LogP contribution in [0.1, 0.15) is 54.8 Å². The van der Waals surface area contributed by atoms with Crippen molar-refractivity contribution in [3.8, 4) is 0 Å². The minimum absolute atomic E-state index is 0.0827. The molecule has 0 aromatic carbocycles. The van der Waals surface area contributed by atoms with Crippen LogP contribution in [-0.4, -0.2) is 17.1 Å². The predicted octanol–water partition coefficient (Wildman–Crippen LogP) is 1.91. The van der Waals surface area contributed by atoms with Crippen LogP contribution in [0.4, 0.5) is 0 Å². The summed E-state index contributed by atoms with van der Waals surface area (Å²) in [4.78, 5) is 9.16. The van der Waals surface area contributed by atoms with E-state index in [2.05, 4.69) is 4.98 Å². The third kappa shape index (κ3) is 2.19. The fourth-order valence-corrected chi connectivity index (χ4v) is 2.35. The van der Waals surface area contributed by atoms with Crippen LogP contribution in [0, 0.1) is 5.92 Å². The molecule has 0 bridgehead atoms. The zero-order valence-corrected chi connectivity index (χ0v) is 10.2. The predicted molar refractivity (Wildman–Crippen MR) is 64.4 cm³/mol. The highest BCUT2D eigenvalue weighted by molar-refractivity contribution is 5.25. The van der Waals surface area contributed by atoms with Crippen LogP contribution in [0.5, 0.6) is 0 Å². The fraction of sp³-hybridized carbons (Fsp3) is 0.692. The lowest BCUT2D eigenvalue weighted by atomic mass is 10.1. The molecule has 17 heavy (non-hydrogen) atoms. The number of nitrogens with zero attached hydrogens (tertiary/aromatic N) is 2. The van der Waals surface area contributed by atoms with Crippen molar-refractivity contribution >= 4 is 0 Å². The second-order valence-corrected chi connectivity index (χ2v) is 5.11. The minimum atomic E-state index is 0.0827. The van der Waals surface area contributed by atoms with E-state index in [-0.39, 0.29) is 6.10 Å². The van der Waals surface area contributed by atoms with Gasteiger partial charge in [-0.1, -0.05) is 0 Å². The number of aromatic nitrogens is 2. The Labute approximate surface area is 102 Å². The Hall–Kier alpha value is -1.00. The van der Waals surface area contributed by atoms with Crippen LogP contribution in [0.25, 0.3) is 0 Å². The van der Waals surface area contributed by atoms with E-state index in [1.165, 1.54) is 31.4 Å². The summed E-state index contributed by atoms with van der Waals surface area (Å²) >= 11 is 0. The van der Waals surface area contributed by atoms with Crippen LogP contribution in [0.15, 0.2) is 6.20 Å². The van der Waals surface area contributed by atoms with Crippen molar-refractivity contribution in [1.82, 2.24) is 9.97 Å². The van der Waals surface area contributed by atoms with Crippen molar-refractivity contribution in [2.45, 2.75) is 44.2 Å². The number of methoxy groups -OCH3 is 1. The summed E-state index contributed by atoms with van der Waals surface area (Å²) in [6, 6.07) is 0. The van der Waals surface area contributed by atoms with E-state index in [1.54, 1.807) is 7.11 Å². The summed E-state index contributed by atoms with van der Waals surface area (Å²) in [7, 11) is 1.75. The second kappa shape index (κ2) is 4.35. The van der Waals surface area contributed by atoms with Gasteiger partial charge in [0.25, 0.3) is 0 Å². The van der Waals surface area contributed by atoms with Gasteiger partial charge in [-0.05, 0) is 31.6 Å². The molecule has 0 spiro atoms. The molecule has 2 N–H and O–H groups in total. The zero-order valence-electron chi connectivity index (χ0n) is 10.2. The lowest BCUT2D eigenvalue weighted by Gasteiger charge is -2.15. The highest BCUT2D eigenvalue weighted by atomic mass is 16.5. The van der Waals surface area contributed by atoms with Gasteiger partial charge in [-0.15, -0.1) is 0 Å². The van der Waals surface area contributed by atoms with E-state index in [9.17, 15) is 0 Å². The molecule has 0 aliphatic heterocycles. The highest BCUT2D eigenvalue weighted by Gasteiger charge is 2.35. The van der Waals surface area contributed by atoms with Crippen LogP contribution < -0.4 is 5.73 Å². The zero-order chi connectivity index (χ0) is 11.8. The van der Waals surface area contributed by atoms with Gasteiger partial charge < -0.3 is 10.5 Å². The van der Waals surface area contributed by atoms with E-state index in [0.717, 1.165) is 11.4 Å². The van der Waals surface area contributed by atoms with Crippen molar-refractivity contribution in [3.63, 3.8) is 0 Å². The van der Waals surface area contributed by atoms with E-state index >= 15 is 0 Å². The average Bonchev–Trinajstić information content (AvgIpc) is 3.21. The number of ether oxygens (including phenoxy) is 1. The Kier molecular flexibility index (Phi) is 2.84. The molecule has 2 aliphatic carbocycles. The van der Waals surface area contributed by atoms with Gasteiger partial charge in [0.15, 0.2) is 5.82 Å². The van der Waals surface area contributed by atoms with Crippen LogP contribution in [0.2, 0.25) is 0 Å². The van der Waals surface area contributed by atoms with Gasteiger partial charge in [-0.3, -0.25) is 0 Å². The monoisotopic (exact) mass is 233 g/mol. The molecule has 2 aliphatic rings. The van der Waals surface area contributed by atoms with Crippen molar-refractivity contribution < 1.29 is 4.74 Å². The molecule has 1 heterocycles. The third-order valence-corrected chi connectivity index (χ3v) is 3.66. The standard InChI is InChI=1S/C13H19N3O/c1-17-12(9-4-5-9)13-15-7-10(6-14)11(16-13)8-2-3-8/h7-9,12H,2-6,14H2,1H3. The van der Waals surface area contributed by atoms with Crippen molar-refractivity contribution in [2.75, 3.05) is 7.11 Å². The van der Waals surface area contributed by atoms with E-state index in [1.807, 2.05) is 6.20 Å². The molecule has 1 atom stereocenters. The average molecular weight is 233 g/mol. The summed E-state index contributed by atoms with van der Waals surface area (Å²) in [5, 5.41) is 0. The van der Waals surface area contributed by atoms with Gasteiger partial charge in [-0.2, -0.15) is 0 Å². The largest absolute Gasteiger partial charge is 0.373 e. The van der Waals surface area contributed by atoms with Gasteiger partial charge in [0.1, 0.15) is 6.10 Å². The first kappa shape index (κ1) is 11.1. The lowest BCUT2D eigenvalue weighted by molar-refractivity contribution is 0.0769. The van der Waals surface area contributed by atoms with Crippen molar-refractivity contribution in [3.05, 3.63) is 23.3 Å². The Morgan fingerprint density at radius 2 is 2.18 bits per heavy atom. The number of hydrogen-bond donors (Lipinski definition) is 1. The summed E-state index contributed by atoms with van der Waals surface area (Å²) in [5.41, 5.74) is 8.00. The maximum absolute atomic E-state index is 5.74. The summed E-state index contributed by atoms with van der Waals surface area (Å²) in [6.07, 6.45) is 6.93. The highest BCUT2D eigenvalue weighted by Crippen LogP contribution is 2.44. The maximum Gasteiger partial charge on any atom is 0.157 e. The lowest BCUT2D eigenvalue weighted by Crippen LogP contribution is -2.13. The molecule has 1 unspecified atom stereocenters. The SMILES string of the molecule is COC(c1ncc(CN)c(C2CC2)n1)C1CC1. The van der Waals surface area contributed by atoms with Crippen molar-refractivity contribution in [1.29, 1.82) is 0 Å². The molecule has 4 heteroatoms. The molecule has 0 amide bonds. The first-order valence-corrected chi connectivity index (χ1v) is 6.42. The summed E-state index contributed by atoms with van der Waals surface area (Å²) in [6.45, 7) is 0.535. The Bertz CT molecular complexity index is 413. The van der Waals surface area contributed by atoms with Crippen LogP contribution in [0.3, 0.4) is 0 Å². The smallest absolute Gasteiger partial charge is 0.157 e. The first-order chi connectivity index (χ1) is 8.33. The molecule has 0 saturated heterocycles. The van der Waals surface area contributed by atoms with E-state index < -0.39 is 0 Å². The van der Waals surface area contributed by atoms with Crippen LogP contribution in [-0.2, 0) is 11.3 Å². The molecule has 1 aromatic heterocycles. The molecular formula is C13H19N3O. The molecule has 1 aromatic rings. The topological polar surface area (TPSA) is 61.0 Å². The fourth-order valence-electron chi connectivity index (χ4n) is 2.35. The van der Waals surface area contributed by atoms with Gasteiger partial charge >= 0.3 is 0 Å². The van der Waals surface area contributed by atoms with E-state index in [0.29, 0.717) is 18.4 Å². The quantitative estimate of drug-likeness (QED) is 0.844. The minimum Gasteiger partial charge on any atom is -0.373 e. The number of nitrogens with two attached hydrogens (primary N) is 1. The normalized spacial score (nSPS) is 21.5. The molecule has 0 radical (unpaired) electrons. The third-order valence-electron chi connectivity index (χ3n) is 3.66. The summed E-state index contributed by atoms with van der Waals surface area (Å²) in [5.74, 6) is 2.09. The summed E-state index contributed by atoms with van der Waals surface area (Å²) < 4.78 is 5.53. The van der Waals surface area contributed by atoms with E-state index in [4.69, 9.17) is 15.5 Å². The Morgan fingerprint density at radius 1 is 1.41 bits per heavy atom. The molecule has 3 rings (SSSR count). The van der Waals surface area contributed by atoms with Gasteiger partial charge in [0.2, 0.25) is 0 Å². The Balaban J connectivity index is 1.91.